The highest BCUT2D eigenvalue weighted by Gasteiger charge is 2.58. The number of oxime groups is 1. The number of nitrogens with zero attached hydrogens (tertiary/aromatic N) is 3. The van der Waals surface area contributed by atoms with Crippen LogP contribution in [0.3, 0.4) is 0 Å². The predicted molar refractivity (Wildman–Crippen MR) is 118 cm³/mol. The smallest absolute Gasteiger partial charge is 0.426 e. The quantitative estimate of drug-likeness (QED) is 0.441. The number of carbonyl (C=O) groups is 2. The molecule has 1 aliphatic heterocycles. The van der Waals surface area contributed by atoms with Crippen molar-refractivity contribution in [1.29, 1.82) is 0 Å². The molecule has 2 aromatic rings. The molecule has 2 aromatic heterocycles. The molecule has 3 atom stereocenters. The number of fused-ring (bicyclic) bond motifs is 2. The molecule has 0 spiro atoms. The molecule has 11 heteroatoms. The van der Waals surface area contributed by atoms with Gasteiger partial charge in [-0.1, -0.05) is 19.0 Å². The van der Waals surface area contributed by atoms with Gasteiger partial charge in [0.05, 0.1) is 29.7 Å². The maximum absolute atomic E-state index is 13.1. The molecular weight excluding hydrogens is 413 g/mol. The van der Waals surface area contributed by atoms with Crippen molar-refractivity contribution in [2.24, 2.45) is 17.0 Å². The zero-order valence-electron chi connectivity index (χ0n) is 18.2. The van der Waals surface area contributed by atoms with Crippen LogP contribution in [0.15, 0.2) is 35.9 Å². The fourth-order valence-corrected chi connectivity index (χ4v) is 4.64. The number of aromatic nitrogens is 2. The van der Waals surface area contributed by atoms with Crippen molar-refractivity contribution in [2.75, 3.05) is 6.54 Å². The third-order valence-corrected chi connectivity index (χ3v) is 6.21. The number of hydrogen-bond donors (Lipinski definition) is 4. The second-order valence-electron chi connectivity index (χ2n) is 8.89. The first-order valence-electron chi connectivity index (χ1n) is 10.9. The Labute approximate surface area is 186 Å². The Kier molecular flexibility index (Phi) is 6.21. The Morgan fingerprint density at radius 3 is 2.94 bits per heavy atom. The SMILES string of the molecule is CC(C)C[C@H](NC(=O)C12CCCC1C(CNC(=O)c1cccn3ccnc13)=NO2)B(O)O. The van der Waals surface area contributed by atoms with Crippen molar-refractivity contribution in [3.05, 3.63) is 36.3 Å². The summed E-state index contributed by atoms with van der Waals surface area (Å²) in [6.07, 6.45) is 7.59. The molecule has 1 aliphatic carbocycles. The van der Waals surface area contributed by atoms with Gasteiger partial charge in [-0.3, -0.25) is 9.59 Å². The number of hydrogen-bond acceptors (Lipinski definition) is 7. The molecule has 0 radical (unpaired) electrons. The second-order valence-corrected chi connectivity index (χ2v) is 8.89. The second kappa shape index (κ2) is 8.91. The van der Waals surface area contributed by atoms with E-state index in [0.717, 1.165) is 6.42 Å². The van der Waals surface area contributed by atoms with Gasteiger partial charge in [0.2, 0.25) is 5.60 Å². The highest BCUT2D eigenvalue weighted by molar-refractivity contribution is 6.43. The van der Waals surface area contributed by atoms with Crippen LogP contribution in [0.2, 0.25) is 0 Å². The Morgan fingerprint density at radius 2 is 2.19 bits per heavy atom. The average Bonchev–Trinajstić information content (AvgIpc) is 3.46. The molecule has 2 unspecified atom stereocenters. The van der Waals surface area contributed by atoms with E-state index in [1.54, 1.807) is 28.9 Å². The fraction of sp³-hybridized carbons (Fsp3) is 0.524. The van der Waals surface area contributed by atoms with Gasteiger partial charge in [0, 0.05) is 18.6 Å². The van der Waals surface area contributed by atoms with Crippen LogP contribution in [-0.4, -0.2) is 62.2 Å². The minimum atomic E-state index is -1.66. The van der Waals surface area contributed by atoms with Gasteiger partial charge in [-0.15, -0.1) is 0 Å². The van der Waals surface area contributed by atoms with Crippen LogP contribution in [0.4, 0.5) is 0 Å². The summed E-state index contributed by atoms with van der Waals surface area (Å²) < 4.78 is 1.76. The van der Waals surface area contributed by atoms with Crippen LogP contribution >= 0.6 is 0 Å². The molecule has 0 saturated heterocycles. The lowest BCUT2D eigenvalue weighted by Crippen LogP contribution is -2.57. The van der Waals surface area contributed by atoms with E-state index in [2.05, 4.69) is 20.8 Å². The van der Waals surface area contributed by atoms with E-state index in [-0.39, 0.29) is 24.3 Å². The molecule has 10 nitrogen and oxygen atoms in total. The summed E-state index contributed by atoms with van der Waals surface area (Å²) in [6, 6.07) is 3.47. The molecule has 2 amide bonds. The van der Waals surface area contributed by atoms with Crippen molar-refractivity contribution in [3.63, 3.8) is 0 Å². The lowest BCUT2D eigenvalue weighted by atomic mass is 9.74. The van der Waals surface area contributed by atoms with E-state index in [4.69, 9.17) is 4.84 Å². The van der Waals surface area contributed by atoms with Crippen LogP contribution in [0.5, 0.6) is 0 Å². The van der Waals surface area contributed by atoms with Gasteiger partial charge >= 0.3 is 7.12 Å². The fourth-order valence-electron chi connectivity index (χ4n) is 4.64. The Hall–Kier alpha value is -2.92. The van der Waals surface area contributed by atoms with Gasteiger partial charge in [-0.05, 0) is 43.7 Å². The predicted octanol–water partition coefficient (Wildman–Crippen LogP) is 0.532. The third kappa shape index (κ3) is 4.10. The first-order chi connectivity index (χ1) is 15.3. The summed E-state index contributed by atoms with van der Waals surface area (Å²) in [7, 11) is -1.66. The van der Waals surface area contributed by atoms with Gasteiger partial charge in [-0.25, -0.2) is 4.98 Å². The van der Waals surface area contributed by atoms with Crippen LogP contribution < -0.4 is 10.6 Å². The minimum Gasteiger partial charge on any atom is -0.426 e. The van der Waals surface area contributed by atoms with E-state index in [1.807, 2.05) is 20.0 Å². The summed E-state index contributed by atoms with van der Waals surface area (Å²) in [5, 5.41) is 29.1. The number of nitrogens with one attached hydrogen (secondary N) is 2. The number of carbonyl (C=O) groups excluding carboxylic acids is 2. The zero-order chi connectivity index (χ0) is 22.9. The van der Waals surface area contributed by atoms with Crippen molar-refractivity contribution >= 4 is 30.3 Å². The monoisotopic (exact) mass is 441 g/mol. The third-order valence-electron chi connectivity index (χ3n) is 6.21. The minimum absolute atomic E-state index is 0.151. The number of amides is 2. The van der Waals surface area contributed by atoms with Crippen LogP contribution in [0, 0.1) is 11.8 Å². The Balaban J connectivity index is 1.42. The molecule has 32 heavy (non-hydrogen) atoms. The van der Waals surface area contributed by atoms with E-state index >= 15 is 0 Å². The number of imidazole rings is 1. The summed E-state index contributed by atoms with van der Waals surface area (Å²) in [5.41, 5.74) is 0.433. The molecule has 2 aliphatic rings. The van der Waals surface area contributed by atoms with E-state index in [9.17, 15) is 19.6 Å². The molecule has 0 aromatic carbocycles. The normalized spacial score (nSPS) is 22.9. The van der Waals surface area contributed by atoms with E-state index in [1.165, 1.54) is 0 Å². The zero-order valence-corrected chi connectivity index (χ0v) is 18.2. The molecule has 0 bridgehead atoms. The van der Waals surface area contributed by atoms with Crippen molar-refractivity contribution < 1.29 is 24.5 Å². The molecule has 170 valence electrons. The average molecular weight is 441 g/mol. The summed E-state index contributed by atoms with van der Waals surface area (Å²) >= 11 is 0. The Bertz CT molecular complexity index is 1040. The van der Waals surface area contributed by atoms with E-state index < -0.39 is 24.6 Å². The molecule has 4 N–H and O–H groups in total. The van der Waals surface area contributed by atoms with Gasteiger partial charge in [0.25, 0.3) is 11.8 Å². The van der Waals surface area contributed by atoms with Gasteiger partial charge in [-0.2, -0.15) is 0 Å². The summed E-state index contributed by atoms with van der Waals surface area (Å²) in [6.45, 7) is 4.04. The van der Waals surface area contributed by atoms with Gasteiger partial charge in [0.1, 0.15) is 5.65 Å². The lowest BCUT2D eigenvalue weighted by Gasteiger charge is -2.29. The standard InChI is InChI=1S/C21H28BN5O5/c1-13(2)11-17(22(30)31)25-20(29)21-7-3-6-15(21)16(26-32-21)12-24-19(28)14-5-4-9-27-10-8-23-18(14)27/h4-5,8-10,13,15,17,30-31H,3,6-7,11-12H2,1-2H3,(H,24,28)(H,25,29)/t15?,17-,21?/m0/s1. The molecule has 4 rings (SSSR count). The van der Waals surface area contributed by atoms with Crippen molar-refractivity contribution in [2.45, 2.75) is 51.1 Å². The highest BCUT2D eigenvalue weighted by atomic mass is 16.7. The first kappa shape index (κ1) is 22.3. The highest BCUT2D eigenvalue weighted by Crippen LogP contribution is 2.44. The van der Waals surface area contributed by atoms with Crippen molar-refractivity contribution in [3.8, 4) is 0 Å². The summed E-state index contributed by atoms with van der Waals surface area (Å²) in [4.78, 5) is 35.8. The molecular formula is C21H28BN5O5. The van der Waals surface area contributed by atoms with Crippen LogP contribution in [0.25, 0.3) is 5.65 Å². The van der Waals surface area contributed by atoms with Gasteiger partial charge in [0.15, 0.2) is 0 Å². The molecule has 1 fully saturated rings. The number of rotatable bonds is 8. The van der Waals surface area contributed by atoms with Crippen LogP contribution in [-0.2, 0) is 9.63 Å². The van der Waals surface area contributed by atoms with Gasteiger partial charge < -0.3 is 29.9 Å². The topological polar surface area (TPSA) is 138 Å². The van der Waals surface area contributed by atoms with Crippen LogP contribution in [0.1, 0.15) is 49.9 Å². The Morgan fingerprint density at radius 1 is 1.38 bits per heavy atom. The lowest BCUT2D eigenvalue weighted by molar-refractivity contribution is -0.146. The van der Waals surface area contributed by atoms with E-state index in [0.29, 0.717) is 36.2 Å². The molecule has 1 saturated carbocycles. The number of pyridine rings is 1. The largest absolute Gasteiger partial charge is 0.475 e. The maximum Gasteiger partial charge on any atom is 0.475 e. The summed E-state index contributed by atoms with van der Waals surface area (Å²) in [5.74, 6) is -1.58. The first-order valence-corrected chi connectivity index (χ1v) is 10.9. The van der Waals surface area contributed by atoms with Crippen molar-refractivity contribution in [1.82, 2.24) is 20.0 Å². The molecule has 3 heterocycles. The maximum atomic E-state index is 13.1.